The first kappa shape index (κ1) is 21.0. The summed E-state index contributed by atoms with van der Waals surface area (Å²) in [4.78, 5) is 12.7. The van der Waals surface area contributed by atoms with Gasteiger partial charge < -0.3 is 4.74 Å². The van der Waals surface area contributed by atoms with E-state index in [0.717, 1.165) is 11.1 Å². The Morgan fingerprint density at radius 2 is 1.69 bits per heavy atom. The van der Waals surface area contributed by atoms with Gasteiger partial charge in [0.2, 0.25) is 0 Å². The number of carbonyl (C=O) groups is 1. The Kier molecular flexibility index (Phi) is 4.82. The second-order valence-corrected chi connectivity index (χ2v) is 11.0. The van der Waals surface area contributed by atoms with Crippen LogP contribution < -0.4 is 4.31 Å². The number of ketones is 1. The van der Waals surface area contributed by atoms with Gasteiger partial charge in [-0.25, -0.2) is 8.42 Å². The molecule has 0 fully saturated rings. The zero-order valence-electron chi connectivity index (χ0n) is 18.5. The van der Waals surface area contributed by atoms with Gasteiger partial charge in [-0.15, -0.1) is 0 Å². The molecule has 0 saturated carbocycles. The smallest absolute Gasteiger partial charge is 0.264 e. The first-order valence-corrected chi connectivity index (χ1v) is 12.4. The molecule has 32 heavy (non-hydrogen) atoms. The Balaban J connectivity index is 1.74. The molecule has 0 bridgehead atoms. The van der Waals surface area contributed by atoms with Gasteiger partial charge in [0, 0.05) is 12.5 Å². The monoisotopic (exact) mass is 449 g/mol. The maximum absolute atomic E-state index is 14.0. The van der Waals surface area contributed by atoms with Gasteiger partial charge in [-0.05, 0) is 57.4 Å². The van der Waals surface area contributed by atoms with Crippen molar-refractivity contribution in [2.75, 3.05) is 4.31 Å². The van der Waals surface area contributed by atoms with E-state index >= 15 is 0 Å². The third kappa shape index (κ3) is 2.96. The van der Waals surface area contributed by atoms with Crippen molar-refractivity contribution >= 4 is 21.5 Å². The molecule has 0 saturated heterocycles. The Labute approximate surface area is 189 Å². The predicted molar refractivity (Wildman–Crippen MR) is 124 cm³/mol. The summed E-state index contributed by atoms with van der Waals surface area (Å²) in [6.45, 7) is 6.12. The quantitative estimate of drug-likeness (QED) is 0.631. The number of para-hydroxylation sites is 1. The van der Waals surface area contributed by atoms with Gasteiger partial charge in [-0.2, -0.15) is 0 Å². The summed E-state index contributed by atoms with van der Waals surface area (Å²) in [5, 5.41) is 0. The second kappa shape index (κ2) is 7.34. The highest BCUT2D eigenvalue weighted by Crippen LogP contribution is 2.58. The van der Waals surface area contributed by atoms with Crippen LogP contribution in [0.25, 0.3) is 0 Å². The van der Waals surface area contributed by atoms with Crippen LogP contribution in [0.15, 0.2) is 76.9 Å². The standard InChI is InChI=1S/C26H27NO4S/c1-17-8-10-21(11-9-17)32(29,30)27-23-7-5-4-6-22(23)26(25-15-20(28)12-13-31-25)16-19(3)18(2)14-24(26)27/h4-13,24-25H,14-16H2,1-3H3. The fraction of sp³-hybridized carbons (Fsp3) is 0.346. The molecule has 0 radical (unpaired) electrons. The molecule has 166 valence electrons. The van der Waals surface area contributed by atoms with Crippen molar-refractivity contribution in [1.29, 1.82) is 0 Å². The lowest BCUT2D eigenvalue weighted by Gasteiger charge is -2.47. The number of anilines is 1. The van der Waals surface area contributed by atoms with Crippen molar-refractivity contribution in [2.24, 2.45) is 0 Å². The highest BCUT2D eigenvalue weighted by atomic mass is 32.2. The highest BCUT2D eigenvalue weighted by Gasteiger charge is 2.60. The molecule has 0 aromatic heterocycles. The summed E-state index contributed by atoms with van der Waals surface area (Å²) in [5.74, 6) is 0.00984. The Bertz CT molecular complexity index is 1260. The van der Waals surface area contributed by atoms with Crippen LogP contribution in [0.5, 0.6) is 0 Å². The zero-order valence-corrected chi connectivity index (χ0v) is 19.4. The number of sulfonamides is 1. The van der Waals surface area contributed by atoms with Crippen molar-refractivity contribution in [3.05, 3.63) is 83.1 Å². The number of hydrogen-bond donors (Lipinski definition) is 0. The maximum atomic E-state index is 14.0. The van der Waals surface area contributed by atoms with Crippen LogP contribution in [-0.4, -0.2) is 26.3 Å². The first-order valence-electron chi connectivity index (χ1n) is 11.0. The largest absolute Gasteiger partial charge is 0.496 e. The molecule has 2 aromatic carbocycles. The van der Waals surface area contributed by atoms with Gasteiger partial charge in [-0.3, -0.25) is 9.10 Å². The molecule has 2 heterocycles. The number of benzene rings is 2. The van der Waals surface area contributed by atoms with Crippen LogP contribution in [0.2, 0.25) is 0 Å². The number of allylic oxidation sites excluding steroid dienone is 2. The lowest BCUT2D eigenvalue weighted by atomic mass is 9.62. The van der Waals surface area contributed by atoms with Crippen LogP contribution in [0.4, 0.5) is 5.69 Å². The first-order chi connectivity index (χ1) is 15.2. The molecule has 1 aliphatic carbocycles. The number of carbonyl (C=O) groups excluding carboxylic acids is 1. The van der Waals surface area contributed by atoms with E-state index < -0.39 is 21.5 Å². The number of rotatable bonds is 3. The number of hydrogen-bond acceptors (Lipinski definition) is 4. The number of ether oxygens (including phenoxy) is 1. The molecule has 0 amide bonds. The van der Waals surface area contributed by atoms with Crippen molar-refractivity contribution < 1.29 is 17.9 Å². The van der Waals surface area contributed by atoms with E-state index in [1.807, 2.05) is 43.3 Å². The molecule has 5 nitrogen and oxygen atoms in total. The van der Waals surface area contributed by atoms with E-state index in [9.17, 15) is 13.2 Å². The number of fused-ring (bicyclic) bond motifs is 3. The van der Waals surface area contributed by atoms with Crippen LogP contribution >= 0.6 is 0 Å². The number of aryl methyl sites for hydroxylation is 1. The molecule has 5 rings (SSSR count). The molecule has 2 aliphatic heterocycles. The lowest BCUT2D eigenvalue weighted by Crippen LogP contribution is -2.56. The number of nitrogens with zero attached hydrogens (tertiary/aromatic N) is 1. The predicted octanol–water partition coefficient (Wildman–Crippen LogP) is 4.81. The molecular weight excluding hydrogens is 422 g/mol. The topological polar surface area (TPSA) is 63.7 Å². The van der Waals surface area contributed by atoms with Gasteiger partial charge in [0.15, 0.2) is 5.78 Å². The fourth-order valence-corrected chi connectivity index (χ4v) is 7.31. The second-order valence-electron chi connectivity index (χ2n) is 9.23. The van der Waals surface area contributed by atoms with Crippen LogP contribution in [0, 0.1) is 6.92 Å². The van der Waals surface area contributed by atoms with Gasteiger partial charge in [-0.1, -0.05) is 47.0 Å². The Hall–Kier alpha value is -2.86. The zero-order chi connectivity index (χ0) is 22.7. The van der Waals surface area contributed by atoms with E-state index in [0.29, 0.717) is 18.5 Å². The molecule has 0 N–H and O–H groups in total. The summed E-state index contributed by atoms with van der Waals surface area (Å²) < 4.78 is 35.7. The minimum Gasteiger partial charge on any atom is -0.496 e. The van der Waals surface area contributed by atoms with Crippen molar-refractivity contribution in [1.82, 2.24) is 0 Å². The average molecular weight is 450 g/mol. The lowest BCUT2D eigenvalue weighted by molar-refractivity contribution is -0.119. The third-order valence-electron chi connectivity index (χ3n) is 7.34. The van der Waals surface area contributed by atoms with Gasteiger partial charge >= 0.3 is 0 Å². The Morgan fingerprint density at radius 1 is 0.969 bits per heavy atom. The normalized spacial score (nSPS) is 27.2. The molecule has 3 unspecified atom stereocenters. The maximum Gasteiger partial charge on any atom is 0.264 e. The van der Waals surface area contributed by atoms with E-state index in [2.05, 4.69) is 13.8 Å². The molecule has 2 aromatic rings. The molecule has 3 aliphatic rings. The average Bonchev–Trinajstić information content (AvgIpc) is 3.05. The summed E-state index contributed by atoms with van der Waals surface area (Å²) in [6, 6.07) is 14.3. The summed E-state index contributed by atoms with van der Waals surface area (Å²) in [6.07, 6.45) is 4.01. The van der Waals surface area contributed by atoms with Crippen LogP contribution in [-0.2, 0) is 25.0 Å². The summed E-state index contributed by atoms with van der Waals surface area (Å²) >= 11 is 0. The van der Waals surface area contributed by atoms with Gasteiger partial charge in [0.1, 0.15) is 6.10 Å². The SMILES string of the molecule is CC1=C(C)CC2(C3CC(=O)C=CO3)c3ccccc3N(S(=O)(=O)c3ccc(C)cc3)C2C1. The minimum atomic E-state index is -3.82. The Morgan fingerprint density at radius 3 is 2.41 bits per heavy atom. The van der Waals surface area contributed by atoms with E-state index in [1.165, 1.54) is 23.5 Å². The molecule has 0 spiro atoms. The highest BCUT2D eigenvalue weighted by molar-refractivity contribution is 7.92. The van der Waals surface area contributed by atoms with Crippen molar-refractivity contribution in [3.8, 4) is 0 Å². The van der Waals surface area contributed by atoms with Crippen LogP contribution in [0.1, 0.15) is 44.2 Å². The molecule has 6 heteroatoms. The molecular formula is C26H27NO4S. The van der Waals surface area contributed by atoms with Crippen molar-refractivity contribution in [3.63, 3.8) is 0 Å². The van der Waals surface area contributed by atoms with E-state index in [-0.39, 0.29) is 23.1 Å². The summed E-state index contributed by atoms with van der Waals surface area (Å²) in [5.41, 5.74) is 4.44. The summed E-state index contributed by atoms with van der Waals surface area (Å²) in [7, 11) is -3.82. The van der Waals surface area contributed by atoms with E-state index in [4.69, 9.17) is 4.74 Å². The van der Waals surface area contributed by atoms with Crippen molar-refractivity contribution in [2.45, 2.75) is 62.5 Å². The fourth-order valence-electron chi connectivity index (χ4n) is 5.58. The molecule has 3 atom stereocenters. The van der Waals surface area contributed by atoms with E-state index in [1.54, 1.807) is 16.4 Å². The van der Waals surface area contributed by atoms with Gasteiger partial charge in [0.05, 0.1) is 28.3 Å². The third-order valence-corrected chi connectivity index (χ3v) is 9.18. The minimum absolute atomic E-state index is 0.00984. The van der Waals surface area contributed by atoms with Gasteiger partial charge in [0.25, 0.3) is 10.0 Å². The van der Waals surface area contributed by atoms with Crippen LogP contribution in [0.3, 0.4) is 0 Å².